The summed E-state index contributed by atoms with van der Waals surface area (Å²) in [6, 6.07) is 9.87. The number of hydrogen-bond donors (Lipinski definition) is 2. The molecule has 8 heteroatoms. The van der Waals surface area contributed by atoms with E-state index in [0.29, 0.717) is 22.6 Å². The molecule has 0 aliphatic carbocycles. The van der Waals surface area contributed by atoms with Gasteiger partial charge in [-0.1, -0.05) is 12.1 Å². The van der Waals surface area contributed by atoms with Crippen LogP contribution in [-0.2, 0) is 16.2 Å². The molecule has 2 aromatic rings. The van der Waals surface area contributed by atoms with E-state index < -0.39 is 17.8 Å². The molecule has 0 unspecified atom stereocenters. The Bertz CT molecular complexity index is 933. The Balaban J connectivity index is 1.91. The third-order valence-electron chi connectivity index (χ3n) is 3.75. The molecule has 0 atom stereocenters. The quantitative estimate of drug-likeness (QED) is 0.621. The number of hydrogen-bond acceptors (Lipinski definition) is 5. The van der Waals surface area contributed by atoms with Crippen LogP contribution >= 0.6 is 0 Å². The minimum Gasteiger partial charge on any atom is -0.497 e. The molecule has 0 radical (unpaired) electrons. The highest BCUT2D eigenvalue weighted by Crippen LogP contribution is 2.28. The lowest BCUT2D eigenvalue weighted by molar-refractivity contribution is -0.123. The SMILES string of the molecule is COc1ccc(C=C2C(=O)NC(=O)NC2=O)c(OCc2cccc(F)c2)c1. The molecule has 2 aromatic carbocycles. The lowest BCUT2D eigenvalue weighted by atomic mass is 10.1. The monoisotopic (exact) mass is 370 g/mol. The zero-order valence-corrected chi connectivity index (χ0v) is 14.2. The number of nitrogens with one attached hydrogen (secondary N) is 2. The van der Waals surface area contributed by atoms with Gasteiger partial charge in [0.05, 0.1) is 7.11 Å². The molecule has 1 saturated heterocycles. The van der Waals surface area contributed by atoms with Crippen LogP contribution in [0.15, 0.2) is 48.0 Å². The van der Waals surface area contributed by atoms with Gasteiger partial charge in [0.1, 0.15) is 29.5 Å². The number of carbonyl (C=O) groups excluding carboxylic acids is 3. The molecule has 7 nitrogen and oxygen atoms in total. The summed E-state index contributed by atoms with van der Waals surface area (Å²) in [6.07, 6.45) is 1.30. The molecular weight excluding hydrogens is 355 g/mol. The van der Waals surface area contributed by atoms with Crippen molar-refractivity contribution >= 4 is 23.9 Å². The summed E-state index contributed by atoms with van der Waals surface area (Å²) in [7, 11) is 1.48. The van der Waals surface area contributed by atoms with Gasteiger partial charge >= 0.3 is 6.03 Å². The van der Waals surface area contributed by atoms with E-state index in [0.717, 1.165) is 0 Å². The Morgan fingerprint density at radius 2 is 1.78 bits per heavy atom. The van der Waals surface area contributed by atoms with Crippen LogP contribution in [0.4, 0.5) is 9.18 Å². The third-order valence-corrected chi connectivity index (χ3v) is 3.75. The lowest BCUT2D eigenvalue weighted by Gasteiger charge is -2.15. The van der Waals surface area contributed by atoms with Gasteiger partial charge < -0.3 is 9.47 Å². The number of amides is 4. The van der Waals surface area contributed by atoms with Crippen LogP contribution in [0, 0.1) is 5.82 Å². The molecule has 3 rings (SSSR count). The Kier molecular flexibility index (Phi) is 5.16. The topological polar surface area (TPSA) is 93.7 Å². The van der Waals surface area contributed by atoms with Gasteiger partial charge in [-0.2, -0.15) is 0 Å². The van der Waals surface area contributed by atoms with Crippen LogP contribution < -0.4 is 20.1 Å². The van der Waals surface area contributed by atoms with E-state index in [4.69, 9.17) is 9.47 Å². The van der Waals surface area contributed by atoms with Crippen LogP contribution in [-0.4, -0.2) is 25.0 Å². The number of ether oxygens (including phenoxy) is 2. The fourth-order valence-corrected chi connectivity index (χ4v) is 2.44. The molecule has 4 amide bonds. The number of methoxy groups -OCH3 is 1. The molecule has 138 valence electrons. The van der Waals surface area contributed by atoms with Crippen molar-refractivity contribution in [3.05, 3.63) is 65.0 Å². The summed E-state index contributed by atoms with van der Waals surface area (Å²) < 4.78 is 24.2. The molecule has 1 fully saturated rings. The van der Waals surface area contributed by atoms with Crippen molar-refractivity contribution in [2.24, 2.45) is 0 Å². The van der Waals surface area contributed by atoms with Gasteiger partial charge in [0.15, 0.2) is 0 Å². The third kappa shape index (κ3) is 4.30. The van der Waals surface area contributed by atoms with Crippen molar-refractivity contribution in [3.63, 3.8) is 0 Å². The van der Waals surface area contributed by atoms with Crippen LogP contribution in [0.25, 0.3) is 6.08 Å². The summed E-state index contributed by atoms with van der Waals surface area (Å²) in [5, 5.41) is 4.00. The predicted molar refractivity (Wildman–Crippen MR) is 93.4 cm³/mol. The van der Waals surface area contributed by atoms with E-state index in [-0.39, 0.29) is 18.0 Å². The average molecular weight is 370 g/mol. The summed E-state index contributed by atoms with van der Waals surface area (Å²) in [4.78, 5) is 35.0. The fourth-order valence-electron chi connectivity index (χ4n) is 2.44. The second-order valence-electron chi connectivity index (χ2n) is 5.62. The first-order chi connectivity index (χ1) is 13.0. The number of carbonyl (C=O) groups is 3. The zero-order chi connectivity index (χ0) is 19.4. The van der Waals surface area contributed by atoms with Gasteiger partial charge in [-0.3, -0.25) is 20.2 Å². The van der Waals surface area contributed by atoms with Crippen molar-refractivity contribution in [2.75, 3.05) is 7.11 Å². The molecule has 1 aliphatic heterocycles. The maximum Gasteiger partial charge on any atom is 0.328 e. The van der Waals surface area contributed by atoms with Crippen molar-refractivity contribution in [1.82, 2.24) is 10.6 Å². The highest BCUT2D eigenvalue weighted by molar-refractivity contribution is 6.31. The van der Waals surface area contributed by atoms with Crippen LogP contribution in [0.3, 0.4) is 0 Å². The van der Waals surface area contributed by atoms with Gasteiger partial charge in [-0.15, -0.1) is 0 Å². The van der Waals surface area contributed by atoms with Crippen molar-refractivity contribution in [1.29, 1.82) is 0 Å². The largest absolute Gasteiger partial charge is 0.497 e. The second-order valence-corrected chi connectivity index (χ2v) is 5.62. The molecule has 0 bridgehead atoms. The zero-order valence-electron chi connectivity index (χ0n) is 14.2. The standard InChI is InChI=1S/C19H15FN2O5/c1-26-14-6-5-12(8-15-17(23)21-19(25)22-18(15)24)16(9-14)27-10-11-3-2-4-13(20)7-11/h2-9H,10H2,1H3,(H2,21,22,23,24,25). The molecule has 2 N–H and O–H groups in total. The molecular formula is C19H15FN2O5. The summed E-state index contributed by atoms with van der Waals surface area (Å²) in [5.41, 5.74) is 0.785. The average Bonchev–Trinajstić information content (AvgIpc) is 2.63. The first kappa shape index (κ1) is 18.1. The Hall–Kier alpha value is -3.68. The smallest absolute Gasteiger partial charge is 0.328 e. The second kappa shape index (κ2) is 7.69. The molecule has 0 saturated carbocycles. The van der Waals surface area contributed by atoms with Gasteiger partial charge in [0, 0.05) is 11.6 Å². The van der Waals surface area contributed by atoms with Gasteiger partial charge in [0.25, 0.3) is 11.8 Å². The van der Waals surface area contributed by atoms with Crippen LogP contribution in [0.1, 0.15) is 11.1 Å². The number of rotatable bonds is 5. The number of imide groups is 2. The summed E-state index contributed by atoms with van der Waals surface area (Å²) in [5.74, 6) is -1.18. The van der Waals surface area contributed by atoms with Crippen molar-refractivity contribution in [3.8, 4) is 11.5 Å². The van der Waals surface area contributed by atoms with E-state index in [1.54, 1.807) is 30.3 Å². The van der Waals surface area contributed by atoms with Gasteiger partial charge in [-0.25, -0.2) is 9.18 Å². The Labute approximate surface area is 153 Å². The van der Waals surface area contributed by atoms with Gasteiger partial charge in [0.2, 0.25) is 0 Å². The van der Waals surface area contributed by atoms with E-state index in [2.05, 4.69) is 0 Å². The minimum absolute atomic E-state index is 0.0674. The first-order valence-electron chi connectivity index (χ1n) is 7.90. The first-order valence-corrected chi connectivity index (χ1v) is 7.90. The normalized spacial score (nSPS) is 13.7. The lowest BCUT2D eigenvalue weighted by Crippen LogP contribution is -2.51. The van der Waals surface area contributed by atoms with E-state index in [9.17, 15) is 18.8 Å². The molecule has 1 aliphatic rings. The fraction of sp³-hybridized carbons (Fsp3) is 0.105. The maximum atomic E-state index is 13.3. The molecule has 1 heterocycles. The molecule has 0 spiro atoms. The summed E-state index contributed by atoms with van der Waals surface area (Å²) >= 11 is 0. The number of barbiturate groups is 1. The molecule has 27 heavy (non-hydrogen) atoms. The van der Waals surface area contributed by atoms with E-state index in [1.807, 2.05) is 10.6 Å². The number of benzene rings is 2. The Morgan fingerprint density at radius 1 is 1.04 bits per heavy atom. The molecule has 0 aromatic heterocycles. The predicted octanol–water partition coefficient (Wildman–Crippen LogP) is 2.16. The van der Waals surface area contributed by atoms with Crippen molar-refractivity contribution in [2.45, 2.75) is 6.61 Å². The number of urea groups is 1. The van der Waals surface area contributed by atoms with Crippen molar-refractivity contribution < 1.29 is 28.2 Å². The number of halogens is 1. The van der Waals surface area contributed by atoms with Crippen LogP contribution in [0.2, 0.25) is 0 Å². The van der Waals surface area contributed by atoms with E-state index >= 15 is 0 Å². The highest BCUT2D eigenvalue weighted by atomic mass is 19.1. The highest BCUT2D eigenvalue weighted by Gasteiger charge is 2.28. The minimum atomic E-state index is -0.876. The van der Waals surface area contributed by atoms with Crippen LogP contribution in [0.5, 0.6) is 11.5 Å². The Morgan fingerprint density at radius 3 is 2.44 bits per heavy atom. The van der Waals surface area contributed by atoms with Gasteiger partial charge in [-0.05, 0) is 35.9 Å². The van der Waals surface area contributed by atoms with E-state index in [1.165, 1.54) is 25.3 Å². The maximum absolute atomic E-state index is 13.3. The summed E-state index contributed by atoms with van der Waals surface area (Å²) in [6.45, 7) is 0.0674.